The number of fused-ring (bicyclic) bond motifs is 2. The molecule has 0 aliphatic carbocycles. The molecule has 0 radical (unpaired) electrons. The van der Waals surface area contributed by atoms with Crippen molar-refractivity contribution in [2.45, 2.75) is 31.5 Å². The molecule has 194 valence electrons. The summed E-state index contributed by atoms with van der Waals surface area (Å²) in [5.74, 6) is -0.957. The van der Waals surface area contributed by atoms with Crippen molar-refractivity contribution >= 4 is 28.0 Å². The van der Waals surface area contributed by atoms with E-state index in [1.807, 2.05) is 0 Å². The lowest BCUT2D eigenvalue weighted by Gasteiger charge is -2.25. The lowest BCUT2D eigenvalue weighted by molar-refractivity contribution is 0.0930. The van der Waals surface area contributed by atoms with Crippen LogP contribution in [0, 0.1) is 11.6 Å². The molecule has 1 aliphatic heterocycles. The van der Waals surface area contributed by atoms with Gasteiger partial charge in [0.05, 0.1) is 17.9 Å². The number of imidazole rings is 1. The molecule has 1 saturated heterocycles. The molecule has 3 aromatic heterocycles. The molecule has 1 aliphatic rings. The molecule has 1 amide bonds. The Labute approximate surface area is 216 Å². The molecule has 11 heteroatoms. The first-order valence-electron chi connectivity index (χ1n) is 12.3. The summed E-state index contributed by atoms with van der Waals surface area (Å²) < 4.78 is 36.1. The predicted molar refractivity (Wildman–Crippen MR) is 137 cm³/mol. The first-order valence-corrected chi connectivity index (χ1v) is 12.3. The van der Waals surface area contributed by atoms with Gasteiger partial charge in [0.2, 0.25) is 0 Å². The average molecular weight is 518 g/mol. The monoisotopic (exact) mass is 517 g/mol. The predicted octanol–water partition coefficient (Wildman–Crippen LogP) is 3.92. The fourth-order valence-electron chi connectivity index (χ4n) is 5.04. The number of nitrogens with zero attached hydrogens (tertiary/aromatic N) is 4. The van der Waals surface area contributed by atoms with Gasteiger partial charge in [-0.05, 0) is 55.3 Å². The largest absolute Gasteiger partial charge is 0.479 e. The van der Waals surface area contributed by atoms with E-state index in [0.717, 1.165) is 24.9 Å². The molecule has 2 atom stereocenters. The first-order chi connectivity index (χ1) is 18.5. The summed E-state index contributed by atoms with van der Waals surface area (Å²) in [6.45, 7) is 0.996. The Morgan fingerprint density at radius 2 is 1.97 bits per heavy atom. The van der Waals surface area contributed by atoms with E-state index < -0.39 is 17.8 Å². The van der Waals surface area contributed by atoms with Gasteiger partial charge in [-0.3, -0.25) is 4.79 Å². The van der Waals surface area contributed by atoms with Crippen molar-refractivity contribution in [3.63, 3.8) is 0 Å². The fourth-order valence-corrected chi connectivity index (χ4v) is 5.04. The van der Waals surface area contributed by atoms with Gasteiger partial charge in [-0.15, -0.1) is 0 Å². The van der Waals surface area contributed by atoms with Crippen molar-refractivity contribution in [1.82, 2.24) is 35.1 Å². The second-order valence-electron chi connectivity index (χ2n) is 9.31. The van der Waals surface area contributed by atoms with Crippen LogP contribution in [0.25, 0.3) is 22.1 Å². The number of hydrogen-bond donors (Lipinski definition) is 3. The van der Waals surface area contributed by atoms with Crippen LogP contribution in [0.5, 0.6) is 5.75 Å². The zero-order chi connectivity index (χ0) is 26.2. The minimum atomic E-state index is -0.621. The van der Waals surface area contributed by atoms with Crippen molar-refractivity contribution in [3.8, 4) is 5.75 Å². The molecule has 9 nitrogen and oxygen atoms in total. The number of aromatic amines is 1. The van der Waals surface area contributed by atoms with E-state index >= 15 is 0 Å². The van der Waals surface area contributed by atoms with Gasteiger partial charge in [0, 0.05) is 19.0 Å². The molecule has 1 unspecified atom stereocenters. The number of benzene rings is 2. The van der Waals surface area contributed by atoms with Crippen LogP contribution < -0.4 is 15.4 Å². The molecule has 0 saturated carbocycles. The van der Waals surface area contributed by atoms with Crippen molar-refractivity contribution in [2.24, 2.45) is 7.05 Å². The van der Waals surface area contributed by atoms with Crippen LogP contribution in [0.4, 0.5) is 8.78 Å². The van der Waals surface area contributed by atoms with Crippen LogP contribution in [-0.4, -0.2) is 43.0 Å². The topological polar surface area (TPSA) is 110 Å². The maximum absolute atomic E-state index is 14.4. The average Bonchev–Trinajstić information content (AvgIpc) is 3.67. The second kappa shape index (κ2) is 9.82. The highest BCUT2D eigenvalue weighted by molar-refractivity contribution is 6.04. The third-order valence-electron chi connectivity index (χ3n) is 6.92. The number of rotatable bonds is 7. The standard InChI is InChI=1S/C27H25F2N7O2/c1-36-20-9-8-17(29)11-18(20)24(23(36)27(37)31-12-15-4-6-16(28)7-5-15)38-25(19-3-2-10-30-19)21-22-26(34-13-32-21)35-14-33-22/h4-9,11,13-14,19,25,30H,2-3,10,12H2,1H3,(H,31,37)(H,32,33,34,35)/t19?,25-/m1/s1. The molecule has 2 aromatic carbocycles. The van der Waals surface area contributed by atoms with Crippen LogP contribution in [0.3, 0.4) is 0 Å². The first kappa shape index (κ1) is 24.0. The molecule has 6 rings (SSSR count). The minimum absolute atomic E-state index is 0.108. The summed E-state index contributed by atoms with van der Waals surface area (Å²) in [7, 11) is 1.74. The van der Waals surface area contributed by atoms with E-state index in [0.29, 0.717) is 27.8 Å². The van der Waals surface area contributed by atoms with Crippen molar-refractivity contribution in [2.75, 3.05) is 6.54 Å². The lowest BCUT2D eigenvalue weighted by Crippen LogP contribution is -2.34. The van der Waals surface area contributed by atoms with Crippen molar-refractivity contribution in [3.05, 3.63) is 83.7 Å². The number of carbonyl (C=O) groups is 1. The Morgan fingerprint density at radius 3 is 2.76 bits per heavy atom. The van der Waals surface area contributed by atoms with E-state index in [1.165, 1.54) is 30.6 Å². The Morgan fingerprint density at radius 1 is 1.16 bits per heavy atom. The highest BCUT2D eigenvalue weighted by Gasteiger charge is 2.34. The molecule has 0 spiro atoms. The number of carbonyl (C=O) groups excluding carboxylic acids is 1. The Balaban J connectivity index is 1.43. The van der Waals surface area contributed by atoms with E-state index in [-0.39, 0.29) is 29.8 Å². The van der Waals surface area contributed by atoms with Crippen molar-refractivity contribution in [1.29, 1.82) is 0 Å². The molecular weight excluding hydrogens is 492 g/mol. The van der Waals surface area contributed by atoms with Crippen LogP contribution in [0.1, 0.15) is 40.7 Å². The molecule has 0 bridgehead atoms. The zero-order valence-corrected chi connectivity index (χ0v) is 20.5. The van der Waals surface area contributed by atoms with E-state index in [2.05, 4.69) is 30.6 Å². The highest BCUT2D eigenvalue weighted by Crippen LogP contribution is 2.38. The number of aromatic nitrogens is 5. The van der Waals surface area contributed by atoms with Gasteiger partial charge in [0.1, 0.15) is 29.2 Å². The maximum Gasteiger partial charge on any atom is 0.272 e. The van der Waals surface area contributed by atoms with Crippen LogP contribution in [0.15, 0.2) is 55.1 Å². The number of amides is 1. The lowest BCUT2D eigenvalue weighted by atomic mass is 10.0. The third kappa shape index (κ3) is 4.34. The summed E-state index contributed by atoms with van der Waals surface area (Å²) in [4.78, 5) is 29.7. The molecular formula is C27H25F2N7O2. The van der Waals surface area contributed by atoms with Gasteiger partial charge in [-0.25, -0.2) is 23.7 Å². The smallest absolute Gasteiger partial charge is 0.272 e. The number of halogens is 2. The van der Waals surface area contributed by atoms with Crippen molar-refractivity contribution < 1.29 is 18.3 Å². The van der Waals surface area contributed by atoms with Gasteiger partial charge < -0.3 is 24.9 Å². The summed E-state index contributed by atoms with van der Waals surface area (Å²) in [6, 6.07) is 10.1. The number of nitrogens with one attached hydrogen (secondary N) is 3. The second-order valence-corrected chi connectivity index (χ2v) is 9.31. The Hall–Kier alpha value is -4.38. The van der Waals surface area contributed by atoms with E-state index in [4.69, 9.17) is 4.74 Å². The van der Waals surface area contributed by atoms with E-state index in [1.54, 1.807) is 36.1 Å². The Kier molecular flexibility index (Phi) is 6.20. The van der Waals surface area contributed by atoms with Gasteiger partial charge in [-0.2, -0.15) is 0 Å². The summed E-state index contributed by atoms with van der Waals surface area (Å²) in [6.07, 6.45) is 4.15. The van der Waals surface area contributed by atoms with Gasteiger partial charge in [0.15, 0.2) is 23.2 Å². The van der Waals surface area contributed by atoms with Crippen LogP contribution in [-0.2, 0) is 13.6 Å². The zero-order valence-electron chi connectivity index (χ0n) is 20.5. The van der Waals surface area contributed by atoms with Gasteiger partial charge >= 0.3 is 0 Å². The number of hydrogen-bond acceptors (Lipinski definition) is 6. The molecule has 3 N–H and O–H groups in total. The number of aryl methyl sites for hydroxylation is 1. The summed E-state index contributed by atoms with van der Waals surface area (Å²) >= 11 is 0. The minimum Gasteiger partial charge on any atom is -0.479 e. The maximum atomic E-state index is 14.4. The molecule has 4 heterocycles. The molecule has 1 fully saturated rings. The fraction of sp³-hybridized carbons (Fsp3) is 0.259. The SMILES string of the molecule is Cn1c(C(=O)NCc2ccc(F)cc2)c(O[C@@H](c2ncnc3[nH]cnc23)C2CCCN2)c2cc(F)ccc21. The summed E-state index contributed by atoms with van der Waals surface area (Å²) in [5, 5.41) is 6.82. The van der Waals surface area contributed by atoms with Gasteiger partial charge in [-0.1, -0.05) is 12.1 Å². The highest BCUT2D eigenvalue weighted by atomic mass is 19.1. The summed E-state index contributed by atoms with van der Waals surface area (Å²) in [5.41, 5.74) is 3.33. The number of ether oxygens (including phenoxy) is 1. The normalized spacial score (nSPS) is 16.2. The third-order valence-corrected chi connectivity index (χ3v) is 6.92. The Bertz CT molecular complexity index is 1620. The molecule has 5 aromatic rings. The van der Waals surface area contributed by atoms with E-state index in [9.17, 15) is 13.6 Å². The number of H-pyrrole nitrogens is 1. The quantitative estimate of drug-likeness (QED) is 0.302. The van der Waals surface area contributed by atoms with Crippen LogP contribution in [0.2, 0.25) is 0 Å². The van der Waals surface area contributed by atoms with Gasteiger partial charge in [0.25, 0.3) is 5.91 Å². The molecule has 38 heavy (non-hydrogen) atoms. The van der Waals surface area contributed by atoms with Crippen LogP contribution >= 0.6 is 0 Å².